The molecule has 0 aromatic carbocycles. The van der Waals surface area contributed by atoms with Gasteiger partial charge in [-0.25, -0.2) is 0 Å². The molecule has 1 N–H and O–H groups in total. The Labute approximate surface area is 98.9 Å². The lowest BCUT2D eigenvalue weighted by Gasteiger charge is -2.26. The minimum absolute atomic E-state index is 0.304. The highest BCUT2D eigenvalue weighted by Crippen LogP contribution is 2.10. The SMILES string of the molecule is CC1=CCCN(C(=O)CCCNC(C)C)C1. The van der Waals surface area contributed by atoms with Gasteiger partial charge in [-0.3, -0.25) is 4.79 Å². The zero-order chi connectivity index (χ0) is 12.0. The predicted octanol–water partition coefficient (Wildman–Crippen LogP) is 1.94. The lowest BCUT2D eigenvalue weighted by molar-refractivity contribution is -0.131. The number of hydrogen-bond acceptors (Lipinski definition) is 2. The van der Waals surface area contributed by atoms with Gasteiger partial charge in [0, 0.05) is 25.6 Å². The van der Waals surface area contributed by atoms with Gasteiger partial charge >= 0.3 is 0 Å². The maximum atomic E-state index is 11.9. The first-order chi connectivity index (χ1) is 7.59. The van der Waals surface area contributed by atoms with Crippen LogP contribution in [0.1, 0.15) is 40.0 Å². The highest BCUT2D eigenvalue weighted by atomic mass is 16.2. The van der Waals surface area contributed by atoms with Crippen LogP contribution in [0.2, 0.25) is 0 Å². The highest BCUT2D eigenvalue weighted by molar-refractivity contribution is 5.76. The first kappa shape index (κ1) is 13.2. The largest absolute Gasteiger partial charge is 0.338 e. The summed E-state index contributed by atoms with van der Waals surface area (Å²) < 4.78 is 0. The lowest BCUT2D eigenvalue weighted by Crippen LogP contribution is -2.35. The molecule has 0 spiro atoms. The van der Waals surface area contributed by atoms with Crippen LogP contribution in [0.5, 0.6) is 0 Å². The third-order valence-corrected chi connectivity index (χ3v) is 2.80. The molecule has 16 heavy (non-hydrogen) atoms. The number of carbonyl (C=O) groups excluding carboxylic acids is 1. The van der Waals surface area contributed by atoms with Gasteiger partial charge in [0.1, 0.15) is 0 Å². The molecule has 0 aliphatic carbocycles. The molecule has 1 amide bonds. The van der Waals surface area contributed by atoms with Crippen molar-refractivity contribution in [1.29, 1.82) is 0 Å². The van der Waals surface area contributed by atoms with Crippen molar-refractivity contribution in [3.8, 4) is 0 Å². The summed E-state index contributed by atoms with van der Waals surface area (Å²) in [5, 5.41) is 3.33. The van der Waals surface area contributed by atoms with E-state index >= 15 is 0 Å². The van der Waals surface area contributed by atoms with Gasteiger partial charge < -0.3 is 10.2 Å². The molecule has 0 saturated carbocycles. The van der Waals surface area contributed by atoms with E-state index in [4.69, 9.17) is 0 Å². The van der Waals surface area contributed by atoms with Crippen molar-refractivity contribution in [2.75, 3.05) is 19.6 Å². The van der Waals surface area contributed by atoms with Crippen LogP contribution in [0.25, 0.3) is 0 Å². The third kappa shape index (κ3) is 4.79. The Bertz CT molecular complexity index is 259. The normalized spacial score (nSPS) is 16.5. The fourth-order valence-corrected chi connectivity index (χ4v) is 1.91. The first-order valence-corrected chi connectivity index (χ1v) is 6.26. The second kappa shape index (κ2) is 6.69. The van der Waals surface area contributed by atoms with Crippen LogP contribution in [0.15, 0.2) is 11.6 Å². The second-order valence-corrected chi connectivity index (χ2v) is 4.87. The van der Waals surface area contributed by atoms with Crippen molar-refractivity contribution >= 4 is 5.91 Å². The molecule has 0 atom stereocenters. The van der Waals surface area contributed by atoms with Crippen molar-refractivity contribution in [2.45, 2.75) is 46.1 Å². The topological polar surface area (TPSA) is 32.3 Å². The molecule has 0 aromatic heterocycles. The zero-order valence-corrected chi connectivity index (χ0v) is 10.8. The monoisotopic (exact) mass is 224 g/mol. The average Bonchev–Trinajstić information content (AvgIpc) is 2.24. The smallest absolute Gasteiger partial charge is 0.222 e. The number of nitrogens with zero attached hydrogens (tertiary/aromatic N) is 1. The molecule has 1 rings (SSSR count). The molecule has 0 fully saturated rings. The molecular weight excluding hydrogens is 200 g/mol. The van der Waals surface area contributed by atoms with Gasteiger partial charge in [0.15, 0.2) is 0 Å². The fraction of sp³-hybridized carbons (Fsp3) is 0.769. The Morgan fingerprint density at radius 1 is 1.56 bits per heavy atom. The van der Waals surface area contributed by atoms with Crippen LogP contribution in [0, 0.1) is 0 Å². The van der Waals surface area contributed by atoms with E-state index in [0.29, 0.717) is 18.4 Å². The quantitative estimate of drug-likeness (QED) is 0.572. The Hall–Kier alpha value is -0.830. The minimum Gasteiger partial charge on any atom is -0.338 e. The summed E-state index contributed by atoms with van der Waals surface area (Å²) in [5.74, 6) is 0.304. The van der Waals surface area contributed by atoms with Gasteiger partial charge in [-0.1, -0.05) is 25.5 Å². The molecule has 0 saturated heterocycles. The van der Waals surface area contributed by atoms with Crippen LogP contribution < -0.4 is 5.32 Å². The van der Waals surface area contributed by atoms with Crippen molar-refractivity contribution in [3.63, 3.8) is 0 Å². The van der Waals surface area contributed by atoms with Gasteiger partial charge in [-0.2, -0.15) is 0 Å². The first-order valence-electron chi connectivity index (χ1n) is 6.26. The van der Waals surface area contributed by atoms with Gasteiger partial charge in [0.05, 0.1) is 0 Å². The van der Waals surface area contributed by atoms with E-state index in [2.05, 4.69) is 32.2 Å². The summed E-state index contributed by atoms with van der Waals surface area (Å²) in [6, 6.07) is 0.510. The summed E-state index contributed by atoms with van der Waals surface area (Å²) in [7, 11) is 0. The highest BCUT2D eigenvalue weighted by Gasteiger charge is 2.15. The number of rotatable bonds is 5. The lowest BCUT2D eigenvalue weighted by atomic mass is 10.1. The standard InChI is InChI=1S/C13H24N2O/c1-11(2)14-8-4-7-13(16)15-9-5-6-12(3)10-15/h6,11,14H,4-5,7-10H2,1-3H3. The molecule has 1 heterocycles. The van der Waals surface area contributed by atoms with Crippen LogP contribution in [-0.2, 0) is 4.79 Å². The summed E-state index contributed by atoms with van der Waals surface area (Å²) >= 11 is 0. The van der Waals surface area contributed by atoms with Crippen LogP contribution in [0.4, 0.5) is 0 Å². The number of amides is 1. The van der Waals surface area contributed by atoms with Crippen LogP contribution in [0.3, 0.4) is 0 Å². The van der Waals surface area contributed by atoms with Gasteiger partial charge in [0.2, 0.25) is 5.91 Å². The van der Waals surface area contributed by atoms with Gasteiger partial charge in [0.25, 0.3) is 0 Å². The summed E-state index contributed by atoms with van der Waals surface area (Å²) in [6.07, 6.45) is 4.86. The van der Waals surface area contributed by atoms with E-state index in [0.717, 1.165) is 32.5 Å². The van der Waals surface area contributed by atoms with E-state index in [1.54, 1.807) is 0 Å². The Balaban J connectivity index is 2.17. The maximum absolute atomic E-state index is 11.9. The maximum Gasteiger partial charge on any atom is 0.222 e. The summed E-state index contributed by atoms with van der Waals surface area (Å²) in [5.41, 5.74) is 1.32. The van der Waals surface area contributed by atoms with Gasteiger partial charge in [-0.15, -0.1) is 0 Å². The predicted molar refractivity (Wildman–Crippen MR) is 67.3 cm³/mol. The Morgan fingerprint density at radius 3 is 2.94 bits per heavy atom. The second-order valence-electron chi connectivity index (χ2n) is 4.87. The van der Waals surface area contributed by atoms with Crippen LogP contribution in [-0.4, -0.2) is 36.5 Å². The Kier molecular flexibility index (Phi) is 5.53. The van der Waals surface area contributed by atoms with Crippen LogP contribution >= 0.6 is 0 Å². The molecule has 3 heteroatoms. The molecule has 0 radical (unpaired) electrons. The summed E-state index contributed by atoms with van der Waals surface area (Å²) in [6.45, 7) is 9.01. The molecule has 1 aliphatic heterocycles. The van der Waals surface area contributed by atoms with E-state index in [1.165, 1.54) is 5.57 Å². The van der Waals surface area contributed by atoms with Crippen molar-refractivity contribution in [3.05, 3.63) is 11.6 Å². The van der Waals surface area contributed by atoms with Crippen molar-refractivity contribution in [2.24, 2.45) is 0 Å². The minimum atomic E-state index is 0.304. The zero-order valence-electron chi connectivity index (χ0n) is 10.8. The van der Waals surface area contributed by atoms with E-state index < -0.39 is 0 Å². The molecule has 3 nitrogen and oxygen atoms in total. The molecule has 0 bridgehead atoms. The van der Waals surface area contributed by atoms with Gasteiger partial charge in [-0.05, 0) is 26.3 Å². The molecule has 1 aliphatic rings. The molecular formula is C13H24N2O. The third-order valence-electron chi connectivity index (χ3n) is 2.80. The summed E-state index contributed by atoms with van der Waals surface area (Å²) in [4.78, 5) is 13.8. The molecule has 0 aromatic rings. The van der Waals surface area contributed by atoms with E-state index in [1.807, 2.05) is 4.90 Å². The number of nitrogens with one attached hydrogen (secondary N) is 1. The van der Waals surface area contributed by atoms with E-state index in [9.17, 15) is 4.79 Å². The number of carbonyl (C=O) groups is 1. The van der Waals surface area contributed by atoms with Crippen molar-refractivity contribution < 1.29 is 4.79 Å². The fourth-order valence-electron chi connectivity index (χ4n) is 1.91. The number of hydrogen-bond donors (Lipinski definition) is 1. The van der Waals surface area contributed by atoms with E-state index in [-0.39, 0.29) is 0 Å². The average molecular weight is 224 g/mol. The molecule has 0 unspecified atom stereocenters. The van der Waals surface area contributed by atoms with Crippen molar-refractivity contribution in [1.82, 2.24) is 10.2 Å². The Morgan fingerprint density at radius 2 is 2.31 bits per heavy atom. The molecule has 92 valence electrons.